The SMILES string of the molecule is Cc1c(C(=O)NCCC2=CCCCC2)cnc2c(-c3cccc(Cl)c3)cnn12. The number of fused-ring (bicyclic) bond motifs is 1. The van der Waals surface area contributed by atoms with Crippen molar-refractivity contribution in [3.05, 3.63) is 64.6 Å². The van der Waals surface area contributed by atoms with Crippen LogP contribution in [0.25, 0.3) is 16.8 Å². The number of aromatic nitrogens is 3. The number of aryl methyl sites for hydroxylation is 1. The third kappa shape index (κ3) is 3.80. The smallest absolute Gasteiger partial charge is 0.254 e. The van der Waals surface area contributed by atoms with Crippen LogP contribution in [0.3, 0.4) is 0 Å². The van der Waals surface area contributed by atoms with Crippen LogP contribution in [-0.4, -0.2) is 27.0 Å². The summed E-state index contributed by atoms with van der Waals surface area (Å²) < 4.78 is 1.72. The number of hydrogen-bond acceptors (Lipinski definition) is 3. The highest BCUT2D eigenvalue weighted by Crippen LogP contribution is 2.26. The molecule has 3 aromatic rings. The number of halogens is 1. The molecule has 0 fully saturated rings. The second kappa shape index (κ2) is 8.15. The summed E-state index contributed by atoms with van der Waals surface area (Å²) in [5, 5.41) is 8.13. The first kappa shape index (κ1) is 18.7. The average molecular weight is 395 g/mol. The molecule has 2 aromatic heterocycles. The van der Waals surface area contributed by atoms with Crippen LogP contribution < -0.4 is 5.32 Å². The van der Waals surface area contributed by atoms with Gasteiger partial charge in [-0.15, -0.1) is 0 Å². The molecule has 1 N–H and O–H groups in total. The number of benzene rings is 1. The van der Waals surface area contributed by atoms with Gasteiger partial charge in [0.05, 0.1) is 17.5 Å². The molecule has 0 spiro atoms. The van der Waals surface area contributed by atoms with E-state index in [1.165, 1.54) is 18.4 Å². The predicted octanol–water partition coefficient (Wildman–Crippen LogP) is 4.98. The van der Waals surface area contributed by atoms with Gasteiger partial charge in [0.25, 0.3) is 5.91 Å². The molecular weight excluding hydrogens is 372 g/mol. The van der Waals surface area contributed by atoms with E-state index in [9.17, 15) is 4.79 Å². The second-order valence-corrected chi connectivity index (χ2v) is 7.61. The summed E-state index contributed by atoms with van der Waals surface area (Å²) in [6.45, 7) is 2.54. The Bertz CT molecular complexity index is 1050. The van der Waals surface area contributed by atoms with E-state index in [4.69, 9.17) is 11.6 Å². The Kier molecular flexibility index (Phi) is 5.44. The highest BCUT2D eigenvalue weighted by atomic mass is 35.5. The largest absolute Gasteiger partial charge is 0.352 e. The van der Waals surface area contributed by atoms with Crippen LogP contribution in [0, 0.1) is 6.92 Å². The number of nitrogens with one attached hydrogen (secondary N) is 1. The number of allylic oxidation sites excluding steroid dienone is 1. The van der Waals surface area contributed by atoms with Gasteiger partial charge in [-0.3, -0.25) is 4.79 Å². The van der Waals surface area contributed by atoms with Gasteiger partial charge >= 0.3 is 0 Å². The molecule has 0 radical (unpaired) electrons. The van der Waals surface area contributed by atoms with E-state index in [1.807, 2.05) is 31.2 Å². The van der Waals surface area contributed by atoms with Crippen molar-refractivity contribution in [3.8, 4) is 11.1 Å². The lowest BCUT2D eigenvalue weighted by Crippen LogP contribution is -2.26. The van der Waals surface area contributed by atoms with Crippen LogP contribution in [0.5, 0.6) is 0 Å². The second-order valence-electron chi connectivity index (χ2n) is 7.18. The standard InChI is InChI=1S/C22H23ClN4O/c1-15-19(22(28)24-11-10-16-6-3-2-4-7-16)13-25-21-20(14-26-27(15)21)17-8-5-9-18(23)12-17/h5-6,8-9,12-14H,2-4,7,10-11H2,1H3,(H,24,28). The highest BCUT2D eigenvalue weighted by Gasteiger charge is 2.16. The van der Waals surface area contributed by atoms with E-state index in [0.29, 0.717) is 22.8 Å². The molecule has 0 saturated heterocycles. The zero-order chi connectivity index (χ0) is 19.5. The Morgan fingerprint density at radius 3 is 2.96 bits per heavy atom. The van der Waals surface area contributed by atoms with E-state index in [1.54, 1.807) is 16.9 Å². The minimum absolute atomic E-state index is 0.108. The van der Waals surface area contributed by atoms with E-state index < -0.39 is 0 Å². The summed E-state index contributed by atoms with van der Waals surface area (Å²) >= 11 is 6.11. The molecule has 144 valence electrons. The maximum atomic E-state index is 12.6. The van der Waals surface area contributed by atoms with Crippen molar-refractivity contribution < 1.29 is 4.79 Å². The summed E-state index contributed by atoms with van der Waals surface area (Å²) in [5.74, 6) is -0.108. The first-order chi connectivity index (χ1) is 13.6. The monoisotopic (exact) mass is 394 g/mol. The Balaban J connectivity index is 1.53. The fraction of sp³-hybridized carbons (Fsp3) is 0.318. The van der Waals surface area contributed by atoms with E-state index >= 15 is 0 Å². The van der Waals surface area contributed by atoms with Crippen molar-refractivity contribution in [1.29, 1.82) is 0 Å². The van der Waals surface area contributed by atoms with Gasteiger partial charge in [-0.05, 0) is 56.7 Å². The molecule has 0 atom stereocenters. The topological polar surface area (TPSA) is 59.3 Å². The van der Waals surface area contributed by atoms with Gasteiger partial charge in [-0.1, -0.05) is 35.4 Å². The first-order valence-electron chi connectivity index (χ1n) is 9.69. The van der Waals surface area contributed by atoms with Gasteiger partial charge in [-0.25, -0.2) is 9.50 Å². The highest BCUT2D eigenvalue weighted by molar-refractivity contribution is 6.30. The zero-order valence-corrected chi connectivity index (χ0v) is 16.7. The van der Waals surface area contributed by atoms with Crippen LogP contribution in [0.15, 0.2) is 48.3 Å². The molecular formula is C22H23ClN4O. The third-order valence-corrected chi connectivity index (χ3v) is 5.50. The van der Waals surface area contributed by atoms with Crippen molar-refractivity contribution in [2.24, 2.45) is 0 Å². The minimum Gasteiger partial charge on any atom is -0.352 e. The summed E-state index contributed by atoms with van der Waals surface area (Å²) in [5.41, 5.74) is 5.33. The third-order valence-electron chi connectivity index (χ3n) is 5.26. The van der Waals surface area contributed by atoms with Gasteiger partial charge in [-0.2, -0.15) is 5.10 Å². The molecule has 1 aliphatic rings. The first-order valence-corrected chi connectivity index (χ1v) is 10.1. The van der Waals surface area contributed by atoms with E-state index in [0.717, 1.165) is 36.1 Å². The average Bonchev–Trinajstić information content (AvgIpc) is 3.14. The minimum atomic E-state index is -0.108. The van der Waals surface area contributed by atoms with E-state index in [2.05, 4.69) is 21.5 Å². The molecule has 0 aliphatic heterocycles. The normalized spacial score (nSPS) is 14.1. The van der Waals surface area contributed by atoms with Gasteiger partial charge < -0.3 is 5.32 Å². The molecule has 1 aromatic carbocycles. The Hall–Kier alpha value is -2.66. The van der Waals surface area contributed by atoms with Crippen molar-refractivity contribution in [2.45, 2.75) is 39.0 Å². The molecule has 1 aliphatic carbocycles. The van der Waals surface area contributed by atoms with E-state index in [-0.39, 0.29) is 5.91 Å². The van der Waals surface area contributed by atoms with Crippen molar-refractivity contribution in [1.82, 2.24) is 19.9 Å². The van der Waals surface area contributed by atoms with Crippen molar-refractivity contribution in [3.63, 3.8) is 0 Å². The maximum absolute atomic E-state index is 12.6. The molecule has 1 amide bonds. The number of carbonyl (C=O) groups is 1. The van der Waals surface area contributed by atoms with Gasteiger partial charge in [0.1, 0.15) is 0 Å². The molecule has 5 nitrogen and oxygen atoms in total. The van der Waals surface area contributed by atoms with Gasteiger partial charge in [0, 0.05) is 23.3 Å². The summed E-state index contributed by atoms with van der Waals surface area (Å²) in [6.07, 6.45) is 11.5. The number of amides is 1. The lowest BCUT2D eigenvalue weighted by atomic mass is 9.97. The molecule has 28 heavy (non-hydrogen) atoms. The maximum Gasteiger partial charge on any atom is 0.254 e. The van der Waals surface area contributed by atoms with Crippen LogP contribution in [0.1, 0.15) is 48.2 Å². The fourth-order valence-electron chi connectivity index (χ4n) is 3.69. The van der Waals surface area contributed by atoms with Crippen LogP contribution in [0.2, 0.25) is 5.02 Å². The summed E-state index contributed by atoms with van der Waals surface area (Å²) in [7, 11) is 0. The van der Waals surface area contributed by atoms with Gasteiger partial charge in [0.15, 0.2) is 5.65 Å². The van der Waals surface area contributed by atoms with Crippen LogP contribution in [-0.2, 0) is 0 Å². The molecule has 0 unspecified atom stereocenters. The lowest BCUT2D eigenvalue weighted by Gasteiger charge is -2.13. The fourth-order valence-corrected chi connectivity index (χ4v) is 3.88. The summed E-state index contributed by atoms with van der Waals surface area (Å²) in [6, 6.07) is 7.59. The number of nitrogens with zero attached hydrogens (tertiary/aromatic N) is 3. The molecule has 0 bridgehead atoms. The molecule has 4 rings (SSSR count). The number of hydrogen-bond donors (Lipinski definition) is 1. The molecule has 6 heteroatoms. The number of rotatable bonds is 5. The molecule has 0 saturated carbocycles. The van der Waals surface area contributed by atoms with Crippen LogP contribution in [0.4, 0.5) is 0 Å². The molecule has 2 heterocycles. The van der Waals surface area contributed by atoms with Crippen molar-refractivity contribution in [2.75, 3.05) is 6.54 Å². The Morgan fingerprint density at radius 1 is 1.29 bits per heavy atom. The van der Waals surface area contributed by atoms with Gasteiger partial charge in [0.2, 0.25) is 0 Å². The Labute approximate surface area is 169 Å². The zero-order valence-electron chi connectivity index (χ0n) is 15.9. The van der Waals surface area contributed by atoms with Crippen LogP contribution >= 0.6 is 11.6 Å². The number of carbonyl (C=O) groups excluding carboxylic acids is 1. The Morgan fingerprint density at radius 2 is 2.18 bits per heavy atom. The van der Waals surface area contributed by atoms with Crippen molar-refractivity contribution >= 4 is 23.2 Å². The lowest BCUT2D eigenvalue weighted by molar-refractivity contribution is 0.0952. The summed E-state index contributed by atoms with van der Waals surface area (Å²) in [4.78, 5) is 17.2. The quantitative estimate of drug-likeness (QED) is 0.621. The predicted molar refractivity (Wildman–Crippen MR) is 112 cm³/mol.